The Morgan fingerprint density at radius 2 is 1.71 bits per heavy atom. The summed E-state index contributed by atoms with van der Waals surface area (Å²) in [6, 6.07) is 6.00. The minimum atomic E-state index is 0.737. The van der Waals surface area contributed by atoms with Crippen LogP contribution in [0.4, 0.5) is 0 Å². The van der Waals surface area contributed by atoms with Crippen LogP contribution in [0.3, 0.4) is 0 Å². The third kappa shape index (κ3) is 2.91. The molecule has 0 aromatic heterocycles. The quantitative estimate of drug-likeness (QED) is 0.868. The summed E-state index contributed by atoms with van der Waals surface area (Å²) in [5.74, 6) is 2.63. The number of piperidine rings is 1. The Kier molecular flexibility index (Phi) is 4.26. The Balaban J connectivity index is 2.16. The summed E-state index contributed by atoms with van der Waals surface area (Å²) >= 11 is 0. The third-order valence-electron chi connectivity index (χ3n) is 3.48. The Labute approximate surface area is 103 Å². The van der Waals surface area contributed by atoms with E-state index in [1.165, 1.54) is 18.4 Å². The second kappa shape index (κ2) is 5.92. The van der Waals surface area contributed by atoms with E-state index in [4.69, 9.17) is 9.47 Å². The molecule has 3 nitrogen and oxygen atoms in total. The molecule has 1 saturated heterocycles. The number of nitrogens with one attached hydrogen (secondary N) is 1. The number of hydrogen-bond acceptors (Lipinski definition) is 3. The number of benzene rings is 1. The first-order valence-electron chi connectivity index (χ1n) is 6.25. The zero-order valence-corrected chi connectivity index (χ0v) is 10.7. The van der Waals surface area contributed by atoms with Gasteiger partial charge in [-0.25, -0.2) is 0 Å². The van der Waals surface area contributed by atoms with E-state index in [0.29, 0.717) is 0 Å². The van der Waals surface area contributed by atoms with Crippen LogP contribution in [0.25, 0.3) is 0 Å². The van der Waals surface area contributed by atoms with Crippen molar-refractivity contribution in [2.24, 2.45) is 5.92 Å². The van der Waals surface area contributed by atoms with Crippen molar-refractivity contribution in [3.8, 4) is 11.5 Å². The fourth-order valence-corrected chi connectivity index (χ4v) is 2.50. The van der Waals surface area contributed by atoms with Gasteiger partial charge in [-0.05, 0) is 50.4 Å². The second-order valence-electron chi connectivity index (χ2n) is 4.54. The van der Waals surface area contributed by atoms with Gasteiger partial charge in [0.15, 0.2) is 0 Å². The van der Waals surface area contributed by atoms with Crippen LogP contribution < -0.4 is 14.8 Å². The van der Waals surface area contributed by atoms with Crippen molar-refractivity contribution in [1.29, 1.82) is 0 Å². The maximum atomic E-state index is 5.43. The second-order valence-corrected chi connectivity index (χ2v) is 4.54. The number of rotatable bonds is 4. The maximum absolute atomic E-state index is 5.43. The summed E-state index contributed by atoms with van der Waals surface area (Å²) in [5.41, 5.74) is 1.21. The molecule has 1 aromatic rings. The highest BCUT2D eigenvalue weighted by molar-refractivity contribution is 5.45. The topological polar surface area (TPSA) is 30.5 Å². The van der Waals surface area contributed by atoms with Crippen molar-refractivity contribution in [2.45, 2.75) is 19.3 Å². The summed E-state index contributed by atoms with van der Waals surface area (Å²) in [7, 11) is 3.45. The van der Waals surface area contributed by atoms with Gasteiger partial charge in [0.1, 0.15) is 11.5 Å². The zero-order valence-electron chi connectivity index (χ0n) is 10.7. The summed E-state index contributed by atoms with van der Waals surface area (Å²) in [4.78, 5) is 0. The molecule has 0 amide bonds. The van der Waals surface area contributed by atoms with Crippen LogP contribution in [0.2, 0.25) is 0 Å². The molecule has 0 atom stereocenters. The van der Waals surface area contributed by atoms with Gasteiger partial charge < -0.3 is 14.8 Å². The van der Waals surface area contributed by atoms with E-state index < -0.39 is 0 Å². The summed E-state index contributed by atoms with van der Waals surface area (Å²) < 4.78 is 10.9. The van der Waals surface area contributed by atoms with E-state index in [9.17, 15) is 0 Å². The highest BCUT2D eigenvalue weighted by atomic mass is 16.5. The van der Waals surface area contributed by atoms with Crippen molar-refractivity contribution in [1.82, 2.24) is 5.32 Å². The average Bonchev–Trinajstić information content (AvgIpc) is 2.40. The van der Waals surface area contributed by atoms with Crippen LogP contribution in [-0.2, 0) is 6.42 Å². The molecule has 1 aromatic carbocycles. The lowest BCUT2D eigenvalue weighted by Gasteiger charge is -2.24. The van der Waals surface area contributed by atoms with Crippen molar-refractivity contribution in [3.63, 3.8) is 0 Å². The molecular weight excluding hydrogens is 214 g/mol. The maximum Gasteiger partial charge on any atom is 0.125 e. The van der Waals surface area contributed by atoms with Crippen LogP contribution in [0, 0.1) is 5.92 Å². The van der Waals surface area contributed by atoms with Gasteiger partial charge in [-0.15, -0.1) is 0 Å². The van der Waals surface area contributed by atoms with Crippen molar-refractivity contribution < 1.29 is 9.47 Å². The van der Waals surface area contributed by atoms with Gasteiger partial charge in [-0.3, -0.25) is 0 Å². The predicted octanol–water partition coefficient (Wildman–Crippen LogP) is 2.25. The largest absolute Gasteiger partial charge is 0.496 e. The zero-order chi connectivity index (χ0) is 12.1. The van der Waals surface area contributed by atoms with Gasteiger partial charge in [0, 0.05) is 5.56 Å². The Morgan fingerprint density at radius 1 is 1.12 bits per heavy atom. The van der Waals surface area contributed by atoms with E-state index >= 15 is 0 Å². The standard InChI is InChI=1S/C14H21NO2/c1-16-13-4-3-5-14(17-2)12(13)10-11-6-8-15-9-7-11/h3-5,11,15H,6-10H2,1-2H3. The highest BCUT2D eigenvalue weighted by Gasteiger charge is 2.18. The number of hydrogen-bond donors (Lipinski definition) is 1. The first-order chi connectivity index (χ1) is 8.35. The van der Waals surface area contributed by atoms with E-state index in [0.717, 1.165) is 36.9 Å². The molecule has 1 aliphatic rings. The highest BCUT2D eigenvalue weighted by Crippen LogP contribution is 2.32. The lowest BCUT2D eigenvalue weighted by atomic mass is 9.90. The Morgan fingerprint density at radius 3 is 2.24 bits per heavy atom. The minimum absolute atomic E-state index is 0.737. The van der Waals surface area contributed by atoms with E-state index in [1.54, 1.807) is 14.2 Å². The first-order valence-corrected chi connectivity index (χ1v) is 6.25. The molecule has 3 heteroatoms. The summed E-state index contributed by atoms with van der Waals surface area (Å²) in [6.07, 6.45) is 3.53. The molecule has 1 fully saturated rings. The summed E-state index contributed by atoms with van der Waals surface area (Å²) in [5, 5.41) is 3.40. The van der Waals surface area contributed by atoms with Crippen molar-refractivity contribution in [3.05, 3.63) is 23.8 Å². The van der Waals surface area contributed by atoms with E-state index in [-0.39, 0.29) is 0 Å². The molecule has 94 valence electrons. The molecule has 0 unspecified atom stereocenters. The van der Waals surface area contributed by atoms with Crippen LogP contribution in [0.5, 0.6) is 11.5 Å². The van der Waals surface area contributed by atoms with Crippen LogP contribution in [0.1, 0.15) is 18.4 Å². The predicted molar refractivity (Wildman–Crippen MR) is 68.8 cm³/mol. The average molecular weight is 235 g/mol. The fourth-order valence-electron chi connectivity index (χ4n) is 2.50. The van der Waals surface area contributed by atoms with Gasteiger partial charge >= 0.3 is 0 Å². The van der Waals surface area contributed by atoms with Gasteiger partial charge in [-0.2, -0.15) is 0 Å². The SMILES string of the molecule is COc1cccc(OC)c1CC1CCNCC1. The molecule has 1 heterocycles. The first kappa shape index (κ1) is 12.2. The molecule has 0 bridgehead atoms. The number of ether oxygens (including phenoxy) is 2. The van der Waals surface area contributed by atoms with Gasteiger partial charge in [0.05, 0.1) is 14.2 Å². The normalized spacial score (nSPS) is 16.8. The van der Waals surface area contributed by atoms with Gasteiger partial charge in [0.2, 0.25) is 0 Å². The van der Waals surface area contributed by atoms with E-state index in [2.05, 4.69) is 5.32 Å². The van der Waals surface area contributed by atoms with E-state index in [1.807, 2.05) is 18.2 Å². The van der Waals surface area contributed by atoms with Crippen LogP contribution in [0.15, 0.2) is 18.2 Å². The molecule has 0 aliphatic carbocycles. The molecule has 1 aliphatic heterocycles. The molecule has 0 spiro atoms. The molecule has 0 saturated carbocycles. The summed E-state index contributed by atoms with van der Waals surface area (Å²) in [6.45, 7) is 2.25. The molecule has 17 heavy (non-hydrogen) atoms. The van der Waals surface area contributed by atoms with Crippen molar-refractivity contribution >= 4 is 0 Å². The molecular formula is C14H21NO2. The monoisotopic (exact) mass is 235 g/mol. The lowest BCUT2D eigenvalue weighted by molar-refractivity contribution is 0.347. The van der Waals surface area contributed by atoms with Gasteiger partial charge in [0.25, 0.3) is 0 Å². The van der Waals surface area contributed by atoms with Gasteiger partial charge in [-0.1, -0.05) is 6.07 Å². The minimum Gasteiger partial charge on any atom is -0.496 e. The molecule has 0 radical (unpaired) electrons. The van der Waals surface area contributed by atoms with Crippen molar-refractivity contribution in [2.75, 3.05) is 27.3 Å². The van der Waals surface area contributed by atoms with Crippen LogP contribution >= 0.6 is 0 Å². The molecule has 2 rings (SSSR count). The molecule has 1 N–H and O–H groups in total. The fraction of sp³-hybridized carbons (Fsp3) is 0.571. The number of methoxy groups -OCH3 is 2. The lowest BCUT2D eigenvalue weighted by Crippen LogP contribution is -2.28. The van der Waals surface area contributed by atoms with Crippen LogP contribution in [-0.4, -0.2) is 27.3 Å². The Bertz CT molecular complexity index is 337. The third-order valence-corrected chi connectivity index (χ3v) is 3.48. The smallest absolute Gasteiger partial charge is 0.125 e. The Hall–Kier alpha value is -1.22.